The van der Waals surface area contributed by atoms with E-state index in [4.69, 9.17) is 4.74 Å². The van der Waals surface area contributed by atoms with Crippen molar-refractivity contribution in [3.8, 4) is 5.75 Å². The number of nitrogens with zero attached hydrogens (tertiary/aromatic N) is 2. The zero-order chi connectivity index (χ0) is 21.8. The monoisotopic (exact) mass is 421 g/mol. The molecule has 0 aromatic heterocycles. The van der Waals surface area contributed by atoms with Crippen LogP contribution in [0.5, 0.6) is 5.75 Å². The zero-order valence-electron chi connectivity index (χ0n) is 16.6. The Bertz CT molecular complexity index is 1010. The Hall–Kier alpha value is -3.14. The number of amides is 1. The van der Waals surface area contributed by atoms with Gasteiger partial charge in [-0.2, -0.15) is 0 Å². The minimum absolute atomic E-state index is 0.120. The van der Waals surface area contributed by atoms with Crippen molar-refractivity contribution in [2.75, 3.05) is 22.9 Å². The molecule has 0 aliphatic rings. The number of nitrogens with one attached hydrogen (secondary N) is 1. The second-order valence-electron chi connectivity index (χ2n) is 6.48. The van der Waals surface area contributed by atoms with Crippen molar-refractivity contribution in [2.45, 2.75) is 26.4 Å². The lowest BCUT2D eigenvalue weighted by molar-refractivity contribution is -0.384. The Labute approximate surface area is 169 Å². The summed E-state index contributed by atoms with van der Waals surface area (Å²) >= 11 is 0. The first kappa shape index (κ1) is 22.2. The molecule has 0 saturated heterocycles. The van der Waals surface area contributed by atoms with E-state index >= 15 is 0 Å². The van der Waals surface area contributed by atoms with Gasteiger partial charge in [-0.15, -0.1) is 0 Å². The van der Waals surface area contributed by atoms with Crippen molar-refractivity contribution >= 4 is 33.0 Å². The van der Waals surface area contributed by atoms with Gasteiger partial charge in [0.15, 0.2) is 6.10 Å². The predicted molar refractivity (Wildman–Crippen MR) is 111 cm³/mol. The van der Waals surface area contributed by atoms with Gasteiger partial charge >= 0.3 is 0 Å². The Morgan fingerprint density at radius 1 is 1.24 bits per heavy atom. The maximum atomic E-state index is 12.6. The maximum Gasteiger partial charge on any atom is 0.271 e. The summed E-state index contributed by atoms with van der Waals surface area (Å²) in [6.45, 7) is 3.51. The normalized spacial score (nSPS) is 12.1. The number of sulfonamides is 1. The Balaban J connectivity index is 2.13. The molecule has 0 unspecified atom stereocenters. The van der Waals surface area contributed by atoms with Gasteiger partial charge in [0.1, 0.15) is 5.75 Å². The molecular formula is C19H23N3O6S. The van der Waals surface area contributed by atoms with Gasteiger partial charge < -0.3 is 10.1 Å². The molecule has 1 amide bonds. The van der Waals surface area contributed by atoms with Gasteiger partial charge in [0.25, 0.3) is 11.6 Å². The molecule has 1 N–H and O–H groups in total. The van der Waals surface area contributed by atoms with Crippen LogP contribution in [0.3, 0.4) is 0 Å². The molecule has 0 spiro atoms. The van der Waals surface area contributed by atoms with Crippen LogP contribution in [0.2, 0.25) is 0 Å². The summed E-state index contributed by atoms with van der Waals surface area (Å²) in [5.74, 6) is -0.0400. The van der Waals surface area contributed by atoms with Crippen LogP contribution in [0.1, 0.15) is 18.9 Å². The lowest BCUT2D eigenvalue weighted by Gasteiger charge is -2.20. The third-order valence-corrected chi connectivity index (χ3v) is 5.53. The molecule has 2 aromatic rings. The highest BCUT2D eigenvalue weighted by atomic mass is 32.2. The molecule has 0 aliphatic carbocycles. The van der Waals surface area contributed by atoms with Gasteiger partial charge in [0.05, 0.1) is 22.6 Å². The van der Waals surface area contributed by atoms with Gasteiger partial charge in [0, 0.05) is 19.2 Å². The SMILES string of the molecule is CC[C@@H](Oc1ccc(N(C)S(C)(=O)=O)cc1)C(=O)Nc1cc([N+](=O)[O-])ccc1C. The Morgan fingerprint density at radius 2 is 1.86 bits per heavy atom. The van der Waals surface area contributed by atoms with E-state index in [1.807, 2.05) is 0 Å². The van der Waals surface area contributed by atoms with E-state index in [9.17, 15) is 23.3 Å². The molecule has 9 nitrogen and oxygen atoms in total. The molecule has 0 fully saturated rings. The summed E-state index contributed by atoms with van der Waals surface area (Å²) in [5, 5.41) is 13.6. The van der Waals surface area contributed by atoms with Crippen LogP contribution in [-0.2, 0) is 14.8 Å². The fourth-order valence-corrected chi connectivity index (χ4v) is 2.99. The predicted octanol–water partition coefficient (Wildman–Crippen LogP) is 3.10. The molecule has 2 rings (SSSR count). The largest absolute Gasteiger partial charge is 0.481 e. The van der Waals surface area contributed by atoms with E-state index in [1.54, 1.807) is 44.2 Å². The third kappa shape index (κ3) is 5.67. The number of carbonyl (C=O) groups excluding carboxylic acids is 1. The van der Waals surface area contributed by atoms with Crippen molar-refractivity contribution in [3.63, 3.8) is 0 Å². The average Bonchev–Trinajstić information content (AvgIpc) is 2.66. The molecule has 0 aliphatic heterocycles. The second kappa shape index (κ2) is 8.91. The molecule has 1 atom stereocenters. The van der Waals surface area contributed by atoms with Crippen molar-refractivity contribution in [2.24, 2.45) is 0 Å². The molecule has 156 valence electrons. The van der Waals surface area contributed by atoms with Crippen LogP contribution in [0.15, 0.2) is 42.5 Å². The summed E-state index contributed by atoms with van der Waals surface area (Å²) in [7, 11) is -1.94. The van der Waals surface area contributed by atoms with Crippen LogP contribution < -0.4 is 14.4 Å². The quantitative estimate of drug-likeness (QED) is 0.517. The number of non-ortho nitro benzene ring substituents is 1. The molecule has 2 aromatic carbocycles. The van der Waals surface area contributed by atoms with E-state index in [1.165, 1.54) is 19.2 Å². The van der Waals surface area contributed by atoms with Crippen LogP contribution in [0.25, 0.3) is 0 Å². The van der Waals surface area contributed by atoms with Gasteiger partial charge in [0.2, 0.25) is 10.0 Å². The van der Waals surface area contributed by atoms with E-state index < -0.39 is 27.0 Å². The molecule has 0 bridgehead atoms. The first-order valence-electron chi connectivity index (χ1n) is 8.79. The van der Waals surface area contributed by atoms with Crippen molar-refractivity contribution in [1.82, 2.24) is 0 Å². The number of nitro groups is 1. The number of hydrogen-bond acceptors (Lipinski definition) is 6. The summed E-state index contributed by atoms with van der Waals surface area (Å²) in [5.41, 5.74) is 1.37. The highest BCUT2D eigenvalue weighted by Gasteiger charge is 2.21. The van der Waals surface area contributed by atoms with E-state index in [-0.39, 0.29) is 5.69 Å². The highest BCUT2D eigenvalue weighted by molar-refractivity contribution is 7.92. The summed E-state index contributed by atoms with van der Waals surface area (Å²) in [4.78, 5) is 23.0. The smallest absolute Gasteiger partial charge is 0.271 e. The Kier molecular flexibility index (Phi) is 6.80. The summed E-state index contributed by atoms with van der Waals surface area (Å²) in [6, 6.07) is 10.5. The van der Waals surface area contributed by atoms with Gasteiger partial charge in [-0.1, -0.05) is 13.0 Å². The van der Waals surface area contributed by atoms with Crippen LogP contribution in [0, 0.1) is 17.0 Å². The number of benzene rings is 2. The van der Waals surface area contributed by atoms with Crippen LogP contribution in [0.4, 0.5) is 17.1 Å². The molecular weight excluding hydrogens is 398 g/mol. The van der Waals surface area contributed by atoms with Gasteiger partial charge in [-0.3, -0.25) is 19.2 Å². The number of aryl methyl sites for hydroxylation is 1. The number of nitro benzene ring substituents is 1. The molecule has 0 heterocycles. The first-order chi connectivity index (χ1) is 13.5. The first-order valence-corrected chi connectivity index (χ1v) is 10.6. The van der Waals surface area contributed by atoms with E-state index in [2.05, 4.69) is 5.32 Å². The number of anilines is 2. The van der Waals surface area contributed by atoms with E-state index in [0.717, 1.165) is 10.6 Å². The molecule has 0 radical (unpaired) electrons. The van der Waals surface area contributed by atoms with Gasteiger partial charge in [-0.05, 0) is 43.2 Å². The lowest BCUT2D eigenvalue weighted by atomic mass is 10.1. The van der Waals surface area contributed by atoms with Crippen molar-refractivity contribution in [1.29, 1.82) is 0 Å². The zero-order valence-corrected chi connectivity index (χ0v) is 17.4. The maximum absolute atomic E-state index is 12.6. The summed E-state index contributed by atoms with van der Waals surface area (Å²) < 4.78 is 30.0. The second-order valence-corrected chi connectivity index (χ2v) is 8.50. The molecule has 10 heteroatoms. The molecule has 0 saturated carbocycles. The number of carbonyl (C=O) groups is 1. The summed E-state index contributed by atoms with van der Waals surface area (Å²) in [6.07, 6.45) is 0.641. The number of ether oxygens (including phenoxy) is 1. The van der Waals surface area contributed by atoms with Crippen LogP contribution >= 0.6 is 0 Å². The fraction of sp³-hybridized carbons (Fsp3) is 0.316. The van der Waals surface area contributed by atoms with Crippen LogP contribution in [-0.4, -0.2) is 38.7 Å². The number of hydrogen-bond donors (Lipinski definition) is 1. The van der Waals surface area contributed by atoms with Crippen molar-refractivity contribution < 1.29 is 22.9 Å². The minimum Gasteiger partial charge on any atom is -0.481 e. The van der Waals surface area contributed by atoms with Crippen molar-refractivity contribution in [3.05, 3.63) is 58.1 Å². The average molecular weight is 421 g/mol. The topological polar surface area (TPSA) is 119 Å². The standard InChI is InChI=1S/C19H23N3O6S/c1-5-18(19(23)20-17-12-15(22(24)25)7-6-13(17)2)28-16-10-8-14(9-11-16)21(3)29(4,26)27/h6-12,18H,5H2,1-4H3,(H,20,23)/t18-/m1/s1. The molecule has 29 heavy (non-hydrogen) atoms. The Morgan fingerprint density at radius 3 is 2.38 bits per heavy atom. The van der Waals surface area contributed by atoms with E-state index in [0.29, 0.717) is 29.1 Å². The number of rotatable bonds is 8. The fourth-order valence-electron chi connectivity index (χ4n) is 2.48. The minimum atomic E-state index is -3.38. The highest BCUT2D eigenvalue weighted by Crippen LogP contribution is 2.24. The lowest BCUT2D eigenvalue weighted by Crippen LogP contribution is -2.32. The van der Waals surface area contributed by atoms with Gasteiger partial charge in [-0.25, -0.2) is 8.42 Å². The third-order valence-electron chi connectivity index (χ3n) is 4.33.